The molecule has 34 heavy (non-hydrogen) atoms. The van der Waals surface area contributed by atoms with E-state index in [0.717, 1.165) is 22.4 Å². The van der Waals surface area contributed by atoms with Gasteiger partial charge in [-0.2, -0.15) is 4.31 Å². The summed E-state index contributed by atoms with van der Waals surface area (Å²) in [6.07, 6.45) is 4.64. The second-order valence-electron chi connectivity index (χ2n) is 8.72. The number of anilines is 1. The Balaban J connectivity index is 1.54. The lowest BCUT2D eigenvalue weighted by Gasteiger charge is -2.31. The third-order valence-corrected chi connectivity index (χ3v) is 8.09. The molecule has 2 aromatic carbocycles. The number of hydrogen-bond donors (Lipinski definition) is 1. The minimum absolute atomic E-state index is 0.0512. The highest BCUT2D eigenvalue weighted by Crippen LogP contribution is 2.30. The number of piperidine rings is 1. The number of nitrogens with zero attached hydrogens (tertiary/aromatic N) is 2. The van der Waals surface area contributed by atoms with Crippen molar-refractivity contribution in [3.8, 4) is 0 Å². The number of benzene rings is 2. The van der Waals surface area contributed by atoms with E-state index in [4.69, 9.17) is 4.52 Å². The molecule has 1 saturated heterocycles. The Bertz CT molecular complexity index is 1310. The zero-order chi connectivity index (χ0) is 24.3. The third-order valence-electron chi connectivity index (χ3n) is 6.06. The standard InChI is InChI=1S/C26H29N3O4S/c1-18-11-12-19(2)23(16-18)27-26(30)22-10-7-15-29(17-22)34(31,32)25-20(3)28-33-24(25)14-13-21-8-5-4-6-9-21/h4-6,8-9,11-14,16,22H,7,10,15,17H2,1-3H3,(H,27,30)/b14-13+/t22-/m0/s1. The van der Waals surface area contributed by atoms with E-state index in [1.807, 2.05) is 62.4 Å². The smallest absolute Gasteiger partial charge is 0.248 e. The molecule has 3 aromatic rings. The molecule has 2 heterocycles. The number of aromatic nitrogens is 1. The topological polar surface area (TPSA) is 92.5 Å². The first-order chi connectivity index (χ1) is 16.3. The third kappa shape index (κ3) is 5.13. The molecule has 0 aliphatic carbocycles. The molecule has 1 aromatic heterocycles. The van der Waals surface area contributed by atoms with Crippen molar-refractivity contribution in [2.75, 3.05) is 18.4 Å². The Kier molecular flexibility index (Phi) is 7.00. The number of rotatable bonds is 6. The van der Waals surface area contributed by atoms with Crippen LogP contribution in [0.15, 0.2) is 57.9 Å². The minimum atomic E-state index is -3.89. The molecule has 178 valence electrons. The molecule has 4 rings (SSSR count). The average molecular weight is 480 g/mol. The number of carbonyl (C=O) groups excluding carboxylic acids is 1. The summed E-state index contributed by atoms with van der Waals surface area (Å²) in [6, 6.07) is 15.4. The van der Waals surface area contributed by atoms with Crippen LogP contribution >= 0.6 is 0 Å². The molecule has 0 bridgehead atoms. The van der Waals surface area contributed by atoms with Gasteiger partial charge in [0.05, 0.1) is 5.92 Å². The van der Waals surface area contributed by atoms with Gasteiger partial charge in [0.25, 0.3) is 0 Å². The number of sulfonamides is 1. The lowest BCUT2D eigenvalue weighted by Crippen LogP contribution is -2.44. The summed E-state index contributed by atoms with van der Waals surface area (Å²) in [7, 11) is -3.89. The van der Waals surface area contributed by atoms with Gasteiger partial charge in [-0.05, 0) is 62.4 Å². The van der Waals surface area contributed by atoms with E-state index in [1.54, 1.807) is 19.1 Å². The summed E-state index contributed by atoms with van der Waals surface area (Å²) in [6.45, 7) is 5.99. The van der Waals surface area contributed by atoms with Gasteiger partial charge in [-0.25, -0.2) is 8.42 Å². The van der Waals surface area contributed by atoms with Crippen molar-refractivity contribution in [2.45, 2.75) is 38.5 Å². The quantitative estimate of drug-likeness (QED) is 0.548. The highest BCUT2D eigenvalue weighted by atomic mass is 32.2. The number of carbonyl (C=O) groups is 1. The van der Waals surface area contributed by atoms with Crippen LogP contribution in [0.2, 0.25) is 0 Å². The van der Waals surface area contributed by atoms with Crippen molar-refractivity contribution < 1.29 is 17.7 Å². The van der Waals surface area contributed by atoms with Gasteiger partial charge in [-0.3, -0.25) is 4.79 Å². The van der Waals surface area contributed by atoms with E-state index in [1.165, 1.54) is 4.31 Å². The van der Waals surface area contributed by atoms with E-state index in [2.05, 4.69) is 10.5 Å². The van der Waals surface area contributed by atoms with Gasteiger partial charge in [0.15, 0.2) is 10.7 Å². The van der Waals surface area contributed by atoms with E-state index in [-0.39, 0.29) is 23.1 Å². The molecule has 7 nitrogen and oxygen atoms in total. The highest BCUT2D eigenvalue weighted by molar-refractivity contribution is 7.89. The Morgan fingerprint density at radius 2 is 1.88 bits per heavy atom. The molecule has 1 aliphatic heterocycles. The molecule has 0 saturated carbocycles. The first kappa shape index (κ1) is 23.9. The maximum absolute atomic E-state index is 13.6. The summed E-state index contributed by atoms with van der Waals surface area (Å²) in [5.74, 6) is -0.421. The molecule has 0 unspecified atom stereocenters. The average Bonchev–Trinajstić information content (AvgIpc) is 3.22. The van der Waals surface area contributed by atoms with Gasteiger partial charge in [0.1, 0.15) is 5.69 Å². The van der Waals surface area contributed by atoms with Crippen molar-refractivity contribution in [2.24, 2.45) is 5.92 Å². The molecule has 1 fully saturated rings. The maximum Gasteiger partial charge on any atom is 0.248 e. The zero-order valence-corrected chi connectivity index (χ0v) is 20.4. The molecular weight excluding hydrogens is 450 g/mol. The summed E-state index contributed by atoms with van der Waals surface area (Å²) in [4.78, 5) is 13.1. The van der Waals surface area contributed by atoms with Crippen molar-refractivity contribution in [3.63, 3.8) is 0 Å². The number of hydrogen-bond acceptors (Lipinski definition) is 5. The summed E-state index contributed by atoms with van der Waals surface area (Å²) in [5.41, 5.74) is 3.99. The molecule has 1 amide bonds. The molecule has 0 radical (unpaired) electrons. The van der Waals surface area contributed by atoms with Crippen LogP contribution in [0.4, 0.5) is 5.69 Å². The van der Waals surface area contributed by atoms with Crippen LogP contribution in [0.5, 0.6) is 0 Å². The monoisotopic (exact) mass is 479 g/mol. The van der Waals surface area contributed by atoms with Gasteiger partial charge in [0, 0.05) is 18.8 Å². The van der Waals surface area contributed by atoms with Gasteiger partial charge in [-0.15, -0.1) is 0 Å². The van der Waals surface area contributed by atoms with Crippen molar-refractivity contribution in [3.05, 3.63) is 76.7 Å². The number of amides is 1. The Labute approximate surface area is 200 Å². The maximum atomic E-state index is 13.6. The van der Waals surface area contributed by atoms with Crippen LogP contribution in [0, 0.1) is 26.7 Å². The normalized spacial score (nSPS) is 17.2. The Hall–Kier alpha value is -3.23. The van der Waals surface area contributed by atoms with Crippen LogP contribution in [0.25, 0.3) is 12.2 Å². The van der Waals surface area contributed by atoms with E-state index < -0.39 is 15.9 Å². The van der Waals surface area contributed by atoms with Gasteiger partial charge >= 0.3 is 0 Å². The van der Waals surface area contributed by atoms with Crippen LogP contribution in [0.1, 0.15) is 41.0 Å². The predicted octanol–water partition coefficient (Wildman–Crippen LogP) is 4.81. The Morgan fingerprint density at radius 1 is 1.12 bits per heavy atom. The minimum Gasteiger partial charge on any atom is -0.355 e. The lowest BCUT2D eigenvalue weighted by molar-refractivity contribution is -0.120. The molecule has 0 spiro atoms. The lowest BCUT2D eigenvalue weighted by atomic mass is 9.98. The predicted molar refractivity (Wildman–Crippen MR) is 133 cm³/mol. The number of nitrogens with one attached hydrogen (secondary N) is 1. The molecule has 8 heteroatoms. The fraction of sp³-hybridized carbons (Fsp3) is 0.308. The second kappa shape index (κ2) is 9.95. The van der Waals surface area contributed by atoms with E-state index >= 15 is 0 Å². The van der Waals surface area contributed by atoms with Crippen LogP contribution < -0.4 is 5.32 Å². The summed E-state index contributed by atoms with van der Waals surface area (Å²) < 4.78 is 33.9. The first-order valence-corrected chi connectivity index (χ1v) is 12.8. The van der Waals surface area contributed by atoms with Gasteiger partial charge < -0.3 is 9.84 Å². The van der Waals surface area contributed by atoms with Crippen molar-refractivity contribution in [1.82, 2.24) is 9.46 Å². The molecular formula is C26H29N3O4S. The van der Waals surface area contributed by atoms with Crippen LogP contribution in [0.3, 0.4) is 0 Å². The highest BCUT2D eigenvalue weighted by Gasteiger charge is 2.37. The van der Waals surface area contributed by atoms with Gasteiger partial charge in [0.2, 0.25) is 15.9 Å². The van der Waals surface area contributed by atoms with Crippen LogP contribution in [-0.4, -0.2) is 36.9 Å². The summed E-state index contributed by atoms with van der Waals surface area (Å²) in [5, 5.41) is 6.89. The molecule has 1 N–H and O–H groups in total. The zero-order valence-electron chi connectivity index (χ0n) is 19.6. The first-order valence-electron chi connectivity index (χ1n) is 11.3. The number of aryl methyl sites for hydroxylation is 3. The van der Waals surface area contributed by atoms with E-state index in [0.29, 0.717) is 25.1 Å². The van der Waals surface area contributed by atoms with Gasteiger partial charge in [-0.1, -0.05) is 53.7 Å². The van der Waals surface area contributed by atoms with Crippen molar-refractivity contribution >= 4 is 33.8 Å². The molecule has 1 atom stereocenters. The fourth-order valence-corrected chi connectivity index (χ4v) is 5.92. The van der Waals surface area contributed by atoms with E-state index in [9.17, 15) is 13.2 Å². The Morgan fingerprint density at radius 3 is 2.65 bits per heavy atom. The second-order valence-corrected chi connectivity index (χ2v) is 10.6. The fourth-order valence-electron chi connectivity index (χ4n) is 4.14. The van der Waals surface area contributed by atoms with Crippen molar-refractivity contribution in [1.29, 1.82) is 0 Å². The van der Waals surface area contributed by atoms with Crippen LogP contribution in [-0.2, 0) is 14.8 Å². The SMILES string of the molecule is Cc1ccc(C)c(NC(=O)[C@H]2CCCN(S(=O)(=O)c3c(C)noc3/C=C/c3ccccc3)C2)c1. The largest absolute Gasteiger partial charge is 0.355 e. The summed E-state index contributed by atoms with van der Waals surface area (Å²) >= 11 is 0. The molecule has 1 aliphatic rings.